The van der Waals surface area contributed by atoms with Crippen LogP contribution in [-0.4, -0.2) is 20.6 Å². The molecular formula is C15H16N4. The summed E-state index contributed by atoms with van der Waals surface area (Å²) in [5.74, 6) is 0.911. The van der Waals surface area contributed by atoms with Crippen molar-refractivity contribution in [3.05, 3.63) is 54.5 Å². The number of fused-ring (bicyclic) bond motifs is 1. The lowest BCUT2D eigenvalue weighted by Crippen LogP contribution is -2.19. The first-order valence-corrected chi connectivity index (χ1v) is 6.37. The van der Waals surface area contributed by atoms with Gasteiger partial charge in [-0.05, 0) is 37.1 Å². The molecule has 4 heteroatoms. The van der Waals surface area contributed by atoms with Gasteiger partial charge in [-0.2, -0.15) is 0 Å². The Bertz CT molecular complexity index is 700. The van der Waals surface area contributed by atoms with Gasteiger partial charge in [-0.15, -0.1) is 0 Å². The van der Waals surface area contributed by atoms with Crippen molar-refractivity contribution < 1.29 is 0 Å². The fourth-order valence-electron chi connectivity index (χ4n) is 2.28. The van der Waals surface area contributed by atoms with Crippen molar-refractivity contribution in [3.8, 4) is 5.82 Å². The van der Waals surface area contributed by atoms with Gasteiger partial charge < -0.3 is 5.73 Å². The Balaban J connectivity index is 2.16. The third kappa shape index (κ3) is 2.22. The molecule has 0 saturated heterocycles. The van der Waals surface area contributed by atoms with E-state index in [4.69, 9.17) is 5.73 Å². The average Bonchev–Trinajstić information content (AvgIpc) is 2.82. The van der Waals surface area contributed by atoms with Crippen molar-refractivity contribution in [3.63, 3.8) is 0 Å². The van der Waals surface area contributed by atoms with E-state index in [2.05, 4.69) is 16.0 Å². The third-order valence-corrected chi connectivity index (χ3v) is 3.09. The molecule has 0 fully saturated rings. The first kappa shape index (κ1) is 11.9. The molecule has 0 aliphatic carbocycles. The van der Waals surface area contributed by atoms with Crippen LogP contribution in [0.5, 0.6) is 0 Å². The van der Waals surface area contributed by atoms with E-state index in [0.717, 1.165) is 28.8 Å². The van der Waals surface area contributed by atoms with E-state index in [-0.39, 0.29) is 6.04 Å². The van der Waals surface area contributed by atoms with Crippen LogP contribution in [0, 0.1) is 0 Å². The molecular weight excluding hydrogens is 236 g/mol. The quantitative estimate of drug-likeness (QED) is 0.778. The maximum absolute atomic E-state index is 5.91. The molecule has 0 radical (unpaired) electrons. The van der Waals surface area contributed by atoms with Gasteiger partial charge in [-0.3, -0.25) is 4.57 Å². The van der Waals surface area contributed by atoms with E-state index in [9.17, 15) is 0 Å². The highest BCUT2D eigenvalue weighted by atomic mass is 15.1. The number of para-hydroxylation sites is 2. The SMILES string of the molecule is CC(N)Cc1cccnc1-n1cnc2ccccc21. The standard InChI is InChI=1S/C15H16N4/c1-11(16)9-12-5-4-8-17-15(12)19-10-18-13-6-2-3-7-14(13)19/h2-8,10-11H,9,16H2,1H3. The first-order chi connectivity index (χ1) is 9.25. The van der Waals surface area contributed by atoms with Gasteiger partial charge in [-0.25, -0.2) is 9.97 Å². The van der Waals surface area contributed by atoms with Crippen LogP contribution in [0.25, 0.3) is 16.9 Å². The molecule has 0 amide bonds. The molecule has 0 spiro atoms. The number of hydrogen-bond donors (Lipinski definition) is 1. The van der Waals surface area contributed by atoms with Crippen LogP contribution in [0.1, 0.15) is 12.5 Å². The van der Waals surface area contributed by atoms with E-state index in [1.807, 2.05) is 48.1 Å². The number of pyridine rings is 1. The summed E-state index contributed by atoms with van der Waals surface area (Å²) in [6, 6.07) is 12.2. The predicted octanol–water partition coefficient (Wildman–Crippen LogP) is 2.31. The van der Waals surface area contributed by atoms with Gasteiger partial charge in [0.2, 0.25) is 0 Å². The van der Waals surface area contributed by atoms with Gasteiger partial charge in [-0.1, -0.05) is 18.2 Å². The van der Waals surface area contributed by atoms with E-state index in [1.54, 1.807) is 6.20 Å². The van der Waals surface area contributed by atoms with Crippen molar-refractivity contribution in [2.75, 3.05) is 0 Å². The van der Waals surface area contributed by atoms with Gasteiger partial charge in [0.05, 0.1) is 11.0 Å². The highest BCUT2D eigenvalue weighted by Crippen LogP contribution is 2.19. The molecule has 2 heterocycles. The zero-order valence-corrected chi connectivity index (χ0v) is 10.8. The topological polar surface area (TPSA) is 56.7 Å². The molecule has 0 aliphatic rings. The molecule has 1 atom stereocenters. The second-order valence-corrected chi connectivity index (χ2v) is 4.77. The largest absolute Gasteiger partial charge is 0.328 e. The number of hydrogen-bond acceptors (Lipinski definition) is 3. The van der Waals surface area contributed by atoms with Crippen LogP contribution in [0.15, 0.2) is 48.9 Å². The van der Waals surface area contributed by atoms with E-state index >= 15 is 0 Å². The molecule has 3 aromatic rings. The second-order valence-electron chi connectivity index (χ2n) is 4.77. The maximum Gasteiger partial charge on any atom is 0.141 e. The molecule has 3 rings (SSSR count). The highest BCUT2D eigenvalue weighted by molar-refractivity contribution is 5.77. The number of nitrogens with zero attached hydrogens (tertiary/aromatic N) is 3. The molecule has 4 nitrogen and oxygen atoms in total. The van der Waals surface area contributed by atoms with Crippen LogP contribution in [0.3, 0.4) is 0 Å². The second kappa shape index (κ2) is 4.82. The van der Waals surface area contributed by atoms with Crippen LogP contribution in [0.4, 0.5) is 0 Å². The zero-order chi connectivity index (χ0) is 13.2. The Morgan fingerprint density at radius 2 is 2.00 bits per heavy atom. The lowest BCUT2D eigenvalue weighted by molar-refractivity contribution is 0.730. The van der Waals surface area contributed by atoms with Gasteiger partial charge in [0, 0.05) is 12.2 Å². The summed E-state index contributed by atoms with van der Waals surface area (Å²) in [6.45, 7) is 2.00. The number of nitrogens with two attached hydrogens (primary N) is 1. The van der Waals surface area contributed by atoms with Crippen LogP contribution in [-0.2, 0) is 6.42 Å². The van der Waals surface area contributed by atoms with Crippen molar-refractivity contribution in [2.45, 2.75) is 19.4 Å². The fourth-order valence-corrected chi connectivity index (χ4v) is 2.28. The molecule has 2 aromatic heterocycles. The monoisotopic (exact) mass is 252 g/mol. The van der Waals surface area contributed by atoms with Gasteiger partial charge in [0.15, 0.2) is 0 Å². The number of benzene rings is 1. The summed E-state index contributed by atoms with van der Waals surface area (Å²) in [5, 5.41) is 0. The minimum atomic E-state index is 0.109. The lowest BCUT2D eigenvalue weighted by Gasteiger charge is -2.11. The summed E-state index contributed by atoms with van der Waals surface area (Å²) in [5.41, 5.74) is 9.08. The Morgan fingerprint density at radius 1 is 1.16 bits per heavy atom. The predicted molar refractivity (Wildman–Crippen MR) is 76.2 cm³/mol. The van der Waals surface area contributed by atoms with Crippen LogP contribution in [0.2, 0.25) is 0 Å². The molecule has 0 saturated carbocycles. The van der Waals surface area contributed by atoms with E-state index < -0.39 is 0 Å². The van der Waals surface area contributed by atoms with Crippen molar-refractivity contribution in [2.24, 2.45) is 5.73 Å². The average molecular weight is 252 g/mol. The molecule has 19 heavy (non-hydrogen) atoms. The van der Waals surface area contributed by atoms with Crippen molar-refractivity contribution in [1.82, 2.24) is 14.5 Å². The number of imidazole rings is 1. The van der Waals surface area contributed by atoms with E-state index in [1.165, 1.54) is 0 Å². The smallest absolute Gasteiger partial charge is 0.141 e. The Hall–Kier alpha value is -2.20. The van der Waals surface area contributed by atoms with Crippen LogP contribution >= 0.6 is 0 Å². The third-order valence-electron chi connectivity index (χ3n) is 3.09. The summed E-state index contributed by atoms with van der Waals surface area (Å²) < 4.78 is 2.02. The molecule has 1 unspecified atom stereocenters. The number of aromatic nitrogens is 3. The zero-order valence-electron chi connectivity index (χ0n) is 10.8. The normalized spacial score (nSPS) is 12.7. The highest BCUT2D eigenvalue weighted by Gasteiger charge is 2.10. The molecule has 0 aliphatic heterocycles. The van der Waals surface area contributed by atoms with Gasteiger partial charge in [0.1, 0.15) is 12.1 Å². The minimum Gasteiger partial charge on any atom is -0.328 e. The Kier molecular flexibility index (Phi) is 3.01. The Labute approximate surface area is 111 Å². The molecule has 0 bridgehead atoms. The summed E-state index contributed by atoms with van der Waals surface area (Å²) >= 11 is 0. The molecule has 1 aromatic carbocycles. The first-order valence-electron chi connectivity index (χ1n) is 6.37. The Morgan fingerprint density at radius 3 is 2.84 bits per heavy atom. The summed E-state index contributed by atoms with van der Waals surface area (Å²) in [4.78, 5) is 8.90. The van der Waals surface area contributed by atoms with E-state index in [0.29, 0.717) is 0 Å². The molecule has 96 valence electrons. The van der Waals surface area contributed by atoms with Gasteiger partial charge >= 0.3 is 0 Å². The van der Waals surface area contributed by atoms with Crippen molar-refractivity contribution in [1.29, 1.82) is 0 Å². The summed E-state index contributed by atoms with van der Waals surface area (Å²) in [6.07, 6.45) is 4.42. The number of rotatable bonds is 3. The molecule has 2 N–H and O–H groups in total. The minimum absolute atomic E-state index is 0.109. The lowest BCUT2D eigenvalue weighted by atomic mass is 10.1. The fraction of sp³-hybridized carbons (Fsp3) is 0.200. The van der Waals surface area contributed by atoms with Crippen molar-refractivity contribution >= 4 is 11.0 Å². The summed E-state index contributed by atoms with van der Waals surface area (Å²) in [7, 11) is 0. The maximum atomic E-state index is 5.91. The van der Waals surface area contributed by atoms with Gasteiger partial charge in [0.25, 0.3) is 0 Å². The van der Waals surface area contributed by atoms with Crippen LogP contribution < -0.4 is 5.73 Å².